The van der Waals surface area contributed by atoms with Gasteiger partial charge in [-0.05, 0) is 12.8 Å². The van der Waals surface area contributed by atoms with Crippen molar-refractivity contribution in [2.45, 2.75) is 25.3 Å². The van der Waals surface area contributed by atoms with E-state index in [4.69, 9.17) is 5.11 Å². The number of rotatable bonds is 4. The van der Waals surface area contributed by atoms with Crippen LogP contribution in [0.15, 0.2) is 5.38 Å². The standard InChI is InChI=1S/C10H14N2O3S2/c13-9(14)5-8-6-16-10(12-8)11-7-1-3-17(15)4-2-7/h6-7H,1-5H2,(H,11,12)(H,13,14). The van der Waals surface area contributed by atoms with Gasteiger partial charge in [0.05, 0.1) is 12.1 Å². The van der Waals surface area contributed by atoms with Crippen LogP contribution in [0.5, 0.6) is 0 Å². The lowest BCUT2D eigenvalue weighted by Crippen LogP contribution is -2.29. The SMILES string of the molecule is O=C(O)Cc1csc(NC2CCS(=O)CC2)n1. The summed E-state index contributed by atoms with van der Waals surface area (Å²) in [4.78, 5) is 14.7. The van der Waals surface area contributed by atoms with Crippen molar-refractivity contribution in [2.75, 3.05) is 16.8 Å². The molecule has 5 nitrogen and oxygen atoms in total. The molecule has 0 saturated carbocycles. The number of carboxylic acid groups (broad SMARTS) is 1. The fourth-order valence-corrected chi connectivity index (χ4v) is 3.81. The zero-order valence-corrected chi connectivity index (χ0v) is 10.9. The zero-order valence-electron chi connectivity index (χ0n) is 9.22. The van der Waals surface area contributed by atoms with Crippen LogP contribution in [0.3, 0.4) is 0 Å². The van der Waals surface area contributed by atoms with E-state index in [2.05, 4.69) is 10.3 Å². The highest BCUT2D eigenvalue weighted by molar-refractivity contribution is 7.85. The Bertz CT molecular complexity index is 423. The molecule has 2 rings (SSSR count). The second-order valence-electron chi connectivity index (χ2n) is 3.98. The van der Waals surface area contributed by atoms with E-state index in [1.807, 2.05) is 0 Å². The first kappa shape index (κ1) is 12.5. The highest BCUT2D eigenvalue weighted by atomic mass is 32.2. The maximum atomic E-state index is 11.2. The monoisotopic (exact) mass is 274 g/mol. The molecule has 17 heavy (non-hydrogen) atoms. The van der Waals surface area contributed by atoms with Crippen LogP contribution in [-0.2, 0) is 22.0 Å². The molecule has 1 aromatic rings. The fraction of sp³-hybridized carbons (Fsp3) is 0.600. The van der Waals surface area contributed by atoms with E-state index in [9.17, 15) is 9.00 Å². The number of carbonyl (C=O) groups is 1. The number of aliphatic carboxylic acids is 1. The molecule has 1 aromatic heterocycles. The molecule has 0 spiro atoms. The average molecular weight is 274 g/mol. The molecule has 7 heteroatoms. The molecule has 0 amide bonds. The van der Waals surface area contributed by atoms with Crippen LogP contribution in [0.2, 0.25) is 0 Å². The summed E-state index contributed by atoms with van der Waals surface area (Å²) in [5, 5.41) is 14.4. The topological polar surface area (TPSA) is 79.3 Å². The second kappa shape index (κ2) is 5.59. The van der Waals surface area contributed by atoms with Crippen molar-refractivity contribution in [2.24, 2.45) is 0 Å². The van der Waals surface area contributed by atoms with Gasteiger partial charge in [0.2, 0.25) is 0 Å². The van der Waals surface area contributed by atoms with Crippen molar-refractivity contribution in [3.8, 4) is 0 Å². The molecule has 1 aliphatic heterocycles. The fourth-order valence-electron chi connectivity index (χ4n) is 1.72. The molecule has 2 heterocycles. The first-order valence-corrected chi connectivity index (χ1v) is 7.78. The summed E-state index contributed by atoms with van der Waals surface area (Å²) in [6.07, 6.45) is 1.74. The predicted octanol–water partition coefficient (Wildman–Crippen LogP) is 1.09. The van der Waals surface area contributed by atoms with Crippen LogP contribution in [0.25, 0.3) is 0 Å². The maximum absolute atomic E-state index is 11.2. The summed E-state index contributed by atoms with van der Waals surface area (Å²) in [6, 6.07) is 0.316. The average Bonchev–Trinajstić information content (AvgIpc) is 2.68. The lowest BCUT2D eigenvalue weighted by atomic mass is 10.2. The number of carboxylic acids is 1. The second-order valence-corrected chi connectivity index (χ2v) is 6.54. The molecular formula is C10H14N2O3S2. The van der Waals surface area contributed by atoms with Gasteiger partial charge in [0, 0.05) is 33.7 Å². The third kappa shape index (κ3) is 3.78. The Hall–Kier alpha value is -0.950. The van der Waals surface area contributed by atoms with E-state index in [-0.39, 0.29) is 6.42 Å². The van der Waals surface area contributed by atoms with Gasteiger partial charge in [0.1, 0.15) is 0 Å². The van der Waals surface area contributed by atoms with Gasteiger partial charge in [-0.25, -0.2) is 4.98 Å². The Labute approximate surface area is 106 Å². The molecule has 94 valence electrons. The smallest absolute Gasteiger partial charge is 0.309 e. The van der Waals surface area contributed by atoms with Crippen LogP contribution in [-0.4, -0.2) is 37.8 Å². The van der Waals surface area contributed by atoms with Crippen molar-refractivity contribution in [3.05, 3.63) is 11.1 Å². The Balaban J connectivity index is 1.88. The van der Waals surface area contributed by atoms with Crippen LogP contribution >= 0.6 is 11.3 Å². The normalized spacial score (nSPS) is 24.5. The number of nitrogens with zero attached hydrogens (tertiary/aromatic N) is 1. The van der Waals surface area contributed by atoms with Gasteiger partial charge in [-0.2, -0.15) is 0 Å². The molecule has 0 aromatic carbocycles. The van der Waals surface area contributed by atoms with Gasteiger partial charge in [-0.3, -0.25) is 9.00 Å². The van der Waals surface area contributed by atoms with E-state index >= 15 is 0 Å². The summed E-state index contributed by atoms with van der Waals surface area (Å²) in [5.74, 6) is 0.616. The Morgan fingerprint density at radius 2 is 2.29 bits per heavy atom. The Morgan fingerprint density at radius 1 is 1.59 bits per heavy atom. The lowest BCUT2D eigenvalue weighted by Gasteiger charge is -2.21. The van der Waals surface area contributed by atoms with Crippen LogP contribution < -0.4 is 5.32 Å². The Kier molecular flexibility index (Phi) is 4.11. The summed E-state index contributed by atoms with van der Waals surface area (Å²) in [5.41, 5.74) is 0.587. The third-order valence-corrected chi connectivity index (χ3v) is 4.80. The van der Waals surface area contributed by atoms with Crippen LogP contribution in [0.4, 0.5) is 5.13 Å². The molecule has 0 unspecified atom stereocenters. The molecule has 0 aliphatic carbocycles. The number of nitrogens with one attached hydrogen (secondary N) is 1. The highest BCUT2D eigenvalue weighted by Crippen LogP contribution is 2.20. The highest BCUT2D eigenvalue weighted by Gasteiger charge is 2.18. The van der Waals surface area contributed by atoms with Crippen molar-refractivity contribution in [3.63, 3.8) is 0 Å². The van der Waals surface area contributed by atoms with E-state index in [1.165, 1.54) is 11.3 Å². The minimum Gasteiger partial charge on any atom is -0.481 e. The lowest BCUT2D eigenvalue weighted by molar-refractivity contribution is -0.136. The molecular weight excluding hydrogens is 260 g/mol. The molecule has 0 radical (unpaired) electrons. The van der Waals surface area contributed by atoms with E-state index in [0.29, 0.717) is 11.7 Å². The maximum Gasteiger partial charge on any atom is 0.309 e. The molecule has 1 saturated heterocycles. The van der Waals surface area contributed by atoms with E-state index in [0.717, 1.165) is 29.5 Å². The number of hydrogen-bond acceptors (Lipinski definition) is 5. The van der Waals surface area contributed by atoms with Gasteiger partial charge in [0.25, 0.3) is 0 Å². The number of aromatic nitrogens is 1. The summed E-state index contributed by atoms with van der Waals surface area (Å²) in [6.45, 7) is 0. The molecule has 1 fully saturated rings. The first-order chi connectivity index (χ1) is 8.13. The molecule has 0 bridgehead atoms. The van der Waals surface area contributed by atoms with Gasteiger partial charge < -0.3 is 10.4 Å². The van der Waals surface area contributed by atoms with Gasteiger partial charge in [-0.15, -0.1) is 11.3 Å². The largest absolute Gasteiger partial charge is 0.481 e. The van der Waals surface area contributed by atoms with Crippen LogP contribution in [0, 0.1) is 0 Å². The van der Waals surface area contributed by atoms with Crippen molar-refractivity contribution >= 4 is 33.2 Å². The molecule has 0 atom stereocenters. The van der Waals surface area contributed by atoms with E-state index in [1.54, 1.807) is 5.38 Å². The predicted molar refractivity (Wildman–Crippen MR) is 68.0 cm³/mol. The summed E-state index contributed by atoms with van der Waals surface area (Å²) < 4.78 is 11.2. The van der Waals surface area contributed by atoms with Crippen molar-refractivity contribution < 1.29 is 14.1 Å². The zero-order chi connectivity index (χ0) is 12.3. The summed E-state index contributed by atoms with van der Waals surface area (Å²) in [7, 11) is -0.656. The number of anilines is 1. The minimum atomic E-state index is -0.866. The van der Waals surface area contributed by atoms with E-state index < -0.39 is 16.8 Å². The van der Waals surface area contributed by atoms with Crippen LogP contribution in [0.1, 0.15) is 18.5 Å². The van der Waals surface area contributed by atoms with Crippen molar-refractivity contribution in [1.82, 2.24) is 4.98 Å². The first-order valence-electron chi connectivity index (χ1n) is 5.41. The molecule has 1 aliphatic rings. The molecule has 2 N–H and O–H groups in total. The number of hydrogen-bond donors (Lipinski definition) is 2. The Morgan fingerprint density at radius 3 is 2.94 bits per heavy atom. The minimum absolute atomic E-state index is 0.0349. The summed E-state index contributed by atoms with van der Waals surface area (Å²) >= 11 is 1.42. The van der Waals surface area contributed by atoms with Gasteiger partial charge in [-0.1, -0.05) is 0 Å². The quantitative estimate of drug-likeness (QED) is 0.859. The number of thiazole rings is 1. The third-order valence-electron chi connectivity index (χ3n) is 2.60. The van der Waals surface area contributed by atoms with Crippen molar-refractivity contribution in [1.29, 1.82) is 0 Å². The van der Waals surface area contributed by atoms with Gasteiger partial charge in [0.15, 0.2) is 5.13 Å². The van der Waals surface area contributed by atoms with Gasteiger partial charge >= 0.3 is 5.97 Å².